The van der Waals surface area contributed by atoms with Crippen LogP contribution in [-0.4, -0.2) is 87.8 Å². The summed E-state index contributed by atoms with van der Waals surface area (Å²) < 4.78 is 54.8. The third-order valence-electron chi connectivity index (χ3n) is 9.90. The molecular formula is C40H36Cl6N6O4S4. The van der Waals surface area contributed by atoms with Gasteiger partial charge < -0.3 is 9.80 Å². The van der Waals surface area contributed by atoms with E-state index in [9.17, 15) is 16.8 Å². The van der Waals surface area contributed by atoms with Crippen molar-refractivity contribution in [3.05, 3.63) is 125 Å². The van der Waals surface area contributed by atoms with Gasteiger partial charge in [0.2, 0.25) is 20.0 Å². The molecule has 2 fully saturated rings. The maximum absolute atomic E-state index is 13.0. The number of aromatic nitrogens is 2. The van der Waals surface area contributed by atoms with Gasteiger partial charge in [0.25, 0.3) is 0 Å². The smallest absolute Gasteiger partial charge is 0.244 e. The first-order valence-corrected chi connectivity index (χ1v) is 25.3. The summed E-state index contributed by atoms with van der Waals surface area (Å²) in [5.41, 5.74) is 6.05. The molecule has 0 bridgehead atoms. The Morgan fingerprint density at radius 1 is 0.500 bits per heavy atom. The summed E-state index contributed by atoms with van der Waals surface area (Å²) in [6.07, 6.45) is 0. The Hall–Kier alpha value is -2.70. The lowest BCUT2D eigenvalue weighted by atomic mass is 10.0. The van der Waals surface area contributed by atoms with E-state index in [4.69, 9.17) is 74.6 Å². The summed E-state index contributed by atoms with van der Waals surface area (Å²) in [7, 11) is -7.36. The zero-order chi connectivity index (χ0) is 42.9. The number of hydrogen-bond donors (Lipinski definition) is 0. The zero-order valence-electron chi connectivity index (χ0n) is 32.0. The minimum atomic E-state index is -3.69. The highest BCUT2D eigenvalue weighted by molar-refractivity contribution is 7.89. The Morgan fingerprint density at radius 3 is 1.35 bits per heavy atom. The second-order valence-electron chi connectivity index (χ2n) is 13.9. The van der Waals surface area contributed by atoms with Crippen LogP contribution < -0.4 is 9.80 Å². The van der Waals surface area contributed by atoms with Gasteiger partial charge in [-0.15, -0.1) is 22.7 Å². The fourth-order valence-corrected chi connectivity index (χ4v) is 13.3. The number of halogens is 6. The molecule has 6 aromatic rings. The highest BCUT2D eigenvalue weighted by Gasteiger charge is 2.32. The van der Waals surface area contributed by atoms with Gasteiger partial charge >= 0.3 is 0 Å². The van der Waals surface area contributed by atoms with Crippen LogP contribution in [0.5, 0.6) is 0 Å². The molecule has 60 heavy (non-hydrogen) atoms. The standard InChI is InChI=1S/C21H21Cl2N3O2S2.C19H15Cl4N3O2S2/c1-14-3-4-15(2)17(11-14)19-13-29-21(24-19)25-7-9-26(10-8-25)30(27,28)20-6-5-16(22)12-18(20)23;20-12-1-3-14(15(22)9-12)17-11-29-19(24-17)25-5-7-26(8-6-25)30(27,28)18-4-2-13(21)10-16(18)23/h3-6,11-13H,7-10H2,1-2H3;1-4,9-11H,5-8H2. The normalized spacial score (nSPS) is 15.5. The molecule has 0 spiro atoms. The molecule has 0 radical (unpaired) electrons. The van der Waals surface area contributed by atoms with Gasteiger partial charge in [-0.3, -0.25) is 0 Å². The number of nitrogens with zero attached hydrogens (tertiary/aromatic N) is 6. The van der Waals surface area contributed by atoms with E-state index in [0.717, 1.165) is 32.8 Å². The Labute approximate surface area is 387 Å². The van der Waals surface area contributed by atoms with Crippen molar-refractivity contribution in [3.63, 3.8) is 0 Å². The molecule has 4 aromatic carbocycles. The predicted octanol–water partition coefficient (Wildman–Crippen LogP) is 11.2. The fraction of sp³-hybridized carbons (Fsp3) is 0.250. The molecule has 2 aromatic heterocycles. The summed E-state index contributed by atoms with van der Waals surface area (Å²) in [6, 6.07) is 20.5. The number of anilines is 2. The Balaban J connectivity index is 0.000000181. The van der Waals surface area contributed by atoms with Gasteiger partial charge in [0, 0.05) is 89.3 Å². The van der Waals surface area contributed by atoms with E-state index in [1.165, 1.54) is 61.4 Å². The number of hydrogen-bond acceptors (Lipinski definition) is 10. The topological polar surface area (TPSA) is 107 Å². The molecule has 20 heteroatoms. The number of benzene rings is 4. The Kier molecular flexibility index (Phi) is 14.3. The first kappa shape index (κ1) is 45.3. The molecule has 316 valence electrons. The van der Waals surface area contributed by atoms with Gasteiger partial charge in [-0.25, -0.2) is 26.8 Å². The van der Waals surface area contributed by atoms with Gasteiger partial charge in [-0.2, -0.15) is 8.61 Å². The molecule has 0 N–H and O–H groups in total. The van der Waals surface area contributed by atoms with Crippen molar-refractivity contribution in [2.75, 3.05) is 62.2 Å². The molecule has 0 saturated carbocycles. The van der Waals surface area contributed by atoms with E-state index in [2.05, 4.69) is 52.2 Å². The van der Waals surface area contributed by atoms with E-state index < -0.39 is 20.0 Å². The summed E-state index contributed by atoms with van der Waals surface area (Å²) >= 11 is 39.4. The average Bonchev–Trinajstić information content (AvgIpc) is 3.90. The van der Waals surface area contributed by atoms with Crippen molar-refractivity contribution in [1.82, 2.24) is 18.6 Å². The average molecular weight is 1010 g/mol. The first-order chi connectivity index (χ1) is 28.5. The van der Waals surface area contributed by atoms with Gasteiger partial charge in [0.1, 0.15) is 9.79 Å². The third kappa shape index (κ3) is 10.1. The summed E-state index contributed by atoms with van der Waals surface area (Å²) in [4.78, 5) is 13.8. The van der Waals surface area contributed by atoms with Gasteiger partial charge in [0.15, 0.2) is 10.3 Å². The molecule has 2 aliphatic rings. The van der Waals surface area contributed by atoms with Crippen LogP contribution in [0, 0.1) is 13.8 Å². The van der Waals surface area contributed by atoms with E-state index in [1.54, 1.807) is 29.5 Å². The van der Waals surface area contributed by atoms with Crippen molar-refractivity contribution in [3.8, 4) is 22.5 Å². The molecule has 0 aliphatic carbocycles. The molecular weight excluding hydrogens is 969 g/mol. The van der Waals surface area contributed by atoms with Crippen LogP contribution in [-0.2, 0) is 20.0 Å². The van der Waals surface area contributed by atoms with Crippen molar-refractivity contribution >= 4 is 123 Å². The lowest BCUT2D eigenvalue weighted by Gasteiger charge is -2.33. The van der Waals surface area contributed by atoms with E-state index >= 15 is 0 Å². The van der Waals surface area contributed by atoms with Crippen LogP contribution in [0.1, 0.15) is 11.1 Å². The van der Waals surface area contributed by atoms with Crippen LogP contribution in [0.3, 0.4) is 0 Å². The Bertz CT molecular complexity index is 2750. The molecule has 0 amide bonds. The number of aryl methyl sites for hydroxylation is 2. The second-order valence-corrected chi connectivity index (χ2v) is 21.9. The molecule has 8 rings (SSSR count). The first-order valence-electron chi connectivity index (χ1n) is 18.4. The maximum Gasteiger partial charge on any atom is 0.244 e. The number of piperazine rings is 2. The lowest BCUT2D eigenvalue weighted by Crippen LogP contribution is -2.48. The van der Waals surface area contributed by atoms with Crippen molar-refractivity contribution in [1.29, 1.82) is 0 Å². The predicted molar refractivity (Wildman–Crippen MR) is 249 cm³/mol. The van der Waals surface area contributed by atoms with Gasteiger partial charge in [0.05, 0.1) is 26.5 Å². The number of thiazole rings is 2. The largest absolute Gasteiger partial charge is 0.345 e. The maximum atomic E-state index is 13.0. The monoisotopic (exact) mass is 1000 g/mol. The molecule has 2 saturated heterocycles. The van der Waals surface area contributed by atoms with Gasteiger partial charge in [-0.1, -0.05) is 87.3 Å². The van der Waals surface area contributed by atoms with Crippen LogP contribution >= 0.6 is 92.3 Å². The van der Waals surface area contributed by atoms with Crippen LogP contribution in [0.15, 0.2) is 93.3 Å². The van der Waals surface area contributed by atoms with Crippen LogP contribution in [0.2, 0.25) is 30.1 Å². The molecule has 0 unspecified atom stereocenters. The summed E-state index contributed by atoms with van der Waals surface area (Å²) in [5.74, 6) is 0. The SMILES string of the molecule is Cc1ccc(C)c(-c2csc(N3CCN(S(=O)(=O)c4ccc(Cl)cc4Cl)CC3)n2)c1.O=S(=O)(c1ccc(Cl)cc1Cl)N1CCN(c2nc(-c3ccc(Cl)cc3Cl)cs2)CC1. The molecule has 2 aliphatic heterocycles. The van der Waals surface area contributed by atoms with Crippen molar-refractivity contribution in [2.45, 2.75) is 23.6 Å². The Morgan fingerprint density at radius 2 is 0.917 bits per heavy atom. The van der Waals surface area contributed by atoms with Crippen LogP contribution in [0.4, 0.5) is 10.3 Å². The summed E-state index contributed by atoms with van der Waals surface area (Å²) in [5, 5.41) is 7.89. The minimum Gasteiger partial charge on any atom is -0.345 e. The van der Waals surface area contributed by atoms with E-state index in [-0.39, 0.29) is 19.8 Å². The molecule has 0 atom stereocenters. The molecule has 4 heterocycles. The highest BCUT2D eigenvalue weighted by atomic mass is 35.5. The van der Waals surface area contributed by atoms with Crippen molar-refractivity contribution < 1.29 is 16.8 Å². The number of sulfonamides is 2. The van der Waals surface area contributed by atoms with Gasteiger partial charge in [-0.05, 0) is 80.1 Å². The molecule has 10 nitrogen and oxygen atoms in total. The lowest BCUT2D eigenvalue weighted by molar-refractivity contribution is 0.384. The van der Waals surface area contributed by atoms with Crippen LogP contribution in [0.25, 0.3) is 22.5 Å². The summed E-state index contributed by atoms with van der Waals surface area (Å²) in [6.45, 7) is 7.75. The quantitative estimate of drug-likeness (QED) is 0.148. The highest BCUT2D eigenvalue weighted by Crippen LogP contribution is 2.36. The second kappa shape index (κ2) is 19.0. The fourth-order valence-electron chi connectivity index (χ4n) is 6.66. The zero-order valence-corrected chi connectivity index (χ0v) is 39.8. The minimum absolute atomic E-state index is 0.0657. The van der Waals surface area contributed by atoms with E-state index in [1.807, 2.05) is 11.4 Å². The third-order valence-corrected chi connectivity index (χ3v) is 17.5. The number of rotatable bonds is 8. The van der Waals surface area contributed by atoms with Crippen molar-refractivity contribution in [2.24, 2.45) is 0 Å². The van der Waals surface area contributed by atoms with E-state index in [0.29, 0.717) is 72.4 Å².